The van der Waals surface area contributed by atoms with Crippen LogP contribution in [0.3, 0.4) is 0 Å². The molecule has 0 saturated heterocycles. The van der Waals surface area contributed by atoms with Crippen molar-refractivity contribution in [1.29, 1.82) is 5.26 Å². The molecule has 0 aliphatic rings. The predicted molar refractivity (Wildman–Crippen MR) is 76.4 cm³/mol. The van der Waals surface area contributed by atoms with Crippen LogP contribution < -0.4 is 0 Å². The van der Waals surface area contributed by atoms with Crippen molar-refractivity contribution in [3.05, 3.63) is 76.3 Å². The number of aliphatic hydroxyl groups excluding tert-OH is 1. The number of nitriles is 1. The monoisotopic (exact) mass is 269 g/mol. The summed E-state index contributed by atoms with van der Waals surface area (Å²) in [5.74, 6) is 0. The van der Waals surface area contributed by atoms with Gasteiger partial charge in [-0.15, -0.1) is 0 Å². The Morgan fingerprint density at radius 1 is 1.11 bits per heavy atom. The number of nitrogens with zero attached hydrogens (tertiary/aromatic N) is 1. The van der Waals surface area contributed by atoms with Gasteiger partial charge < -0.3 is 5.11 Å². The zero-order valence-electron chi connectivity index (χ0n) is 10.1. The number of benzene rings is 2. The van der Waals surface area contributed by atoms with E-state index < -0.39 is 6.10 Å². The lowest BCUT2D eigenvalue weighted by molar-refractivity contribution is 0.221. The van der Waals surface area contributed by atoms with Crippen molar-refractivity contribution < 1.29 is 5.11 Å². The highest BCUT2D eigenvalue weighted by Crippen LogP contribution is 2.24. The molecular formula is C16H12ClNO. The van der Waals surface area contributed by atoms with Crippen molar-refractivity contribution in [3.8, 4) is 6.07 Å². The molecule has 1 N–H and O–H groups in total. The third-order valence-corrected chi connectivity index (χ3v) is 2.98. The third-order valence-electron chi connectivity index (χ3n) is 2.73. The first-order valence-corrected chi connectivity index (χ1v) is 6.19. The van der Waals surface area contributed by atoms with E-state index in [0.717, 1.165) is 5.56 Å². The fourth-order valence-corrected chi connectivity index (χ4v) is 1.85. The topological polar surface area (TPSA) is 44.0 Å². The molecule has 0 fully saturated rings. The smallest absolute Gasteiger partial charge is 0.114 e. The molecule has 0 bridgehead atoms. The minimum absolute atomic E-state index is 0.300. The SMILES string of the molecule is N#C/C(=C/c1ccccc1)C(O)c1ccc(Cl)cc1. The molecule has 2 rings (SSSR count). The zero-order chi connectivity index (χ0) is 13.7. The normalized spacial score (nSPS) is 12.8. The van der Waals surface area contributed by atoms with Gasteiger partial charge in [-0.25, -0.2) is 0 Å². The Bertz CT molecular complexity index is 611. The number of rotatable bonds is 3. The molecule has 2 nitrogen and oxygen atoms in total. The Kier molecular flexibility index (Phi) is 4.35. The molecule has 2 aromatic carbocycles. The van der Waals surface area contributed by atoms with Gasteiger partial charge in [0.2, 0.25) is 0 Å². The fraction of sp³-hybridized carbons (Fsp3) is 0.0625. The minimum Gasteiger partial charge on any atom is -0.383 e. The lowest BCUT2D eigenvalue weighted by Gasteiger charge is -2.10. The molecule has 1 unspecified atom stereocenters. The summed E-state index contributed by atoms with van der Waals surface area (Å²) in [6, 6.07) is 18.3. The highest BCUT2D eigenvalue weighted by molar-refractivity contribution is 6.30. The van der Waals surface area contributed by atoms with E-state index >= 15 is 0 Å². The molecular weight excluding hydrogens is 258 g/mol. The summed E-state index contributed by atoms with van der Waals surface area (Å²) >= 11 is 5.80. The molecule has 19 heavy (non-hydrogen) atoms. The van der Waals surface area contributed by atoms with Crippen molar-refractivity contribution >= 4 is 17.7 Å². The van der Waals surface area contributed by atoms with Gasteiger partial charge >= 0.3 is 0 Å². The maximum absolute atomic E-state index is 10.2. The second-order valence-corrected chi connectivity index (χ2v) is 4.51. The molecule has 0 radical (unpaired) electrons. The highest BCUT2D eigenvalue weighted by Gasteiger charge is 2.13. The van der Waals surface area contributed by atoms with Crippen LogP contribution >= 0.6 is 11.6 Å². The number of halogens is 1. The molecule has 1 atom stereocenters. The molecule has 3 heteroatoms. The van der Waals surface area contributed by atoms with Crippen LogP contribution in [0.15, 0.2) is 60.2 Å². The van der Waals surface area contributed by atoms with E-state index in [4.69, 9.17) is 16.9 Å². The largest absolute Gasteiger partial charge is 0.383 e. The molecule has 0 spiro atoms. The summed E-state index contributed by atoms with van der Waals surface area (Å²) in [7, 11) is 0. The van der Waals surface area contributed by atoms with Crippen LogP contribution in [0.25, 0.3) is 6.08 Å². The van der Waals surface area contributed by atoms with Gasteiger partial charge in [-0.1, -0.05) is 54.1 Å². The maximum atomic E-state index is 10.2. The molecule has 0 aliphatic heterocycles. The minimum atomic E-state index is -0.942. The Labute approximate surface area is 117 Å². The molecule has 0 aromatic heterocycles. The first kappa shape index (κ1) is 13.4. The molecule has 0 heterocycles. The predicted octanol–water partition coefficient (Wildman–Crippen LogP) is 3.98. The van der Waals surface area contributed by atoms with Crippen LogP contribution in [0.4, 0.5) is 0 Å². The van der Waals surface area contributed by atoms with E-state index in [-0.39, 0.29) is 0 Å². The van der Waals surface area contributed by atoms with E-state index in [2.05, 4.69) is 0 Å². The summed E-state index contributed by atoms with van der Waals surface area (Å²) in [5, 5.41) is 20.0. The standard InChI is InChI=1S/C16H12ClNO/c17-15-8-6-13(7-9-15)16(19)14(11-18)10-12-4-2-1-3-5-12/h1-10,16,19H/b14-10-. The van der Waals surface area contributed by atoms with Crippen molar-refractivity contribution in [1.82, 2.24) is 0 Å². The molecule has 0 aliphatic carbocycles. The Balaban J connectivity index is 2.30. The van der Waals surface area contributed by atoms with E-state index in [0.29, 0.717) is 16.2 Å². The van der Waals surface area contributed by atoms with Crippen LogP contribution in [0.1, 0.15) is 17.2 Å². The van der Waals surface area contributed by atoms with E-state index in [1.807, 2.05) is 36.4 Å². The maximum Gasteiger partial charge on any atom is 0.114 e. The van der Waals surface area contributed by atoms with Crippen LogP contribution in [0.5, 0.6) is 0 Å². The van der Waals surface area contributed by atoms with Crippen LogP contribution in [0.2, 0.25) is 5.02 Å². The summed E-state index contributed by atoms with van der Waals surface area (Å²) in [5.41, 5.74) is 1.83. The molecule has 94 valence electrons. The Morgan fingerprint density at radius 2 is 1.74 bits per heavy atom. The van der Waals surface area contributed by atoms with Crippen molar-refractivity contribution in [2.75, 3.05) is 0 Å². The summed E-state index contributed by atoms with van der Waals surface area (Å²) < 4.78 is 0. The van der Waals surface area contributed by atoms with Crippen molar-refractivity contribution in [3.63, 3.8) is 0 Å². The van der Waals surface area contributed by atoms with Gasteiger partial charge in [0.05, 0.1) is 11.6 Å². The van der Waals surface area contributed by atoms with Crippen molar-refractivity contribution in [2.24, 2.45) is 0 Å². The van der Waals surface area contributed by atoms with Crippen LogP contribution in [-0.2, 0) is 0 Å². The average molecular weight is 270 g/mol. The summed E-state index contributed by atoms with van der Waals surface area (Å²) in [6.45, 7) is 0. The molecule has 0 amide bonds. The molecule has 0 saturated carbocycles. The van der Waals surface area contributed by atoms with E-state index in [1.165, 1.54) is 0 Å². The first-order chi connectivity index (χ1) is 9.20. The van der Waals surface area contributed by atoms with Gasteiger partial charge in [0.15, 0.2) is 0 Å². The van der Waals surface area contributed by atoms with Gasteiger partial charge in [0.1, 0.15) is 6.10 Å². The lowest BCUT2D eigenvalue weighted by Crippen LogP contribution is -1.99. The Morgan fingerprint density at radius 3 is 2.32 bits per heavy atom. The highest BCUT2D eigenvalue weighted by atomic mass is 35.5. The van der Waals surface area contributed by atoms with Crippen LogP contribution in [0, 0.1) is 11.3 Å². The third kappa shape index (κ3) is 3.45. The fourth-order valence-electron chi connectivity index (χ4n) is 1.73. The average Bonchev–Trinajstić information content (AvgIpc) is 2.46. The summed E-state index contributed by atoms with van der Waals surface area (Å²) in [4.78, 5) is 0. The van der Waals surface area contributed by atoms with Gasteiger partial charge in [-0.05, 0) is 29.3 Å². The number of hydrogen-bond acceptors (Lipinski definition) is 2. The van der Waals surface area contributed by atoms with Gasteiger partial charge in [0, 0.05) is 5.02 Å². The van der Waals surface area contributed by atoms with Gasteiger partial charge in [0.25, 0.3) is 0 Å². The molecule has 2 aromatic rings. The lowest BCUT2D eigenvalue weighted by atomic mass is 10.0. The van der Waals surface area contributed by atoms with Gasteiger partial charge in [-0.3, -0.25) is 0 Å². The first-order valence-electron chi connectivity index (χ1n) is 5.81. The number of hydrogen-bond donors (Lipinski definition) is 1. The quantitative estimate of drug-likeness (QED) is 0.857. The van der Waals surface area contributed by atoms with Crippen molar-refractivity contribution in [2.45, 2.75) is 6.10 Å². The van der Waals surface area contributed by atoms with E-state index in [1.54, 1.807) is 30.3 Å². The van der Waals surface area contributed by atoms with Crippen LogP contribution in [-0.4, -0.2) is 5.11 Å². The Hall–Kier alpha value is -2.08. The second kappa shape index (κ2) is 6.19. The van der Waals surface area contributed by atoms with E-state index in [9.17, 15) is 5.11 Å². The zero-order valence-corrected chi connectivity index (χ0v) is 10.9. The number of aliphatic hydroxyl groups is 1. The summed E-state index contributed by atoms with van der Waals surface area (Å²) in [6.07, 6.45) is 0.738. The van der Waals surface area contributed by atoms with Gasteiger partial charge in [-0.2, -0.15) is 5.26 Å². The second-order valence-electron chi connectivity index (χ2n) is 4.08.